The Balaban J connectivity index is 1.99. The van der Waals surface area contributed by atoms with Gasteiger partial charge in [0.1, 0.15) is 5.78 Å². The Labute approximate surface area is 94.9 Å². The van der Waals surface area contributed by atoms with Gasteiger partial charge >= 0.3 is 0 Å². The summed E-state index contributed by atoms with van der Waals surface area (Å²) in [5, 5.41) is 9.34. The molecule has 1 fully saturated rings. The maximum atomic E-state index is 11.2. The second kappa shape index (κ2) is 3.18. The minimum absolute atomic E-state index is 0.242. The van der Waals surface area contributed by atoms with E-state index in [2.05, 4.69) is 18.2 Å². The van der Waals surface area contributed by atoms with E-state index >= 15 is 0 Å². The first-order chi connectivity index (χ1) is 7.75. The molecule has 1 aromatic rings. The number of Topliss-reactive ketones (excluding diaryl/α,β-unsaturated/α-hetero) is 1. The van der Waals surface area contributed by atoms with Crippen LogP contribution >= 0.6 is 0 Å². The molecule has 0 bridgehead atoms. The minimum atomic E-state index is -0.385. The van der Waals surface area contributed by atoms with Gasteiger partial charge in [-0.3, -0.25) is 4.79 Å². The van der Waals surface area contributed by atoms with Crippen molar-refractivity contribution < 1.29 is 4.79 Å². The van der Waals surface area contributed by atoms with Crippen molar-refractivity contribution in [2.75, 3.05) is 0 Å². The summed E-state index contributed by atoms with van der Waals surface area (Å²) < 4.78 is 0. The van der Waals surface area contributed by atoms with E-state index in [4.69, 9.17) is 0 Å². The summed E-state index contributed by atoms with van der Waals surface area (Å²) in [7, 11) is 0. The van der Waals surface area contributed by atoms with Crippen LogP contribution in [0.2, 0.25) is 0 Å². The number of carbonyl (C=O) groups excluding carboxylic acids is 1. The Hall–Kier alpha value is -1.62. The van der Waals surface area contributed by atoms with Crippen molar-refractivity contribution in [3.8, 4) is 6.07 Å². The predicted octanol–water partition coefficient (Wildman–Crippen LogP) is 2.59. The van der Waals surface area contributed by atoms with Gasteiger partial charge in [-0.1, -0.05) is 24.3 Å². The Bertz CT molecular complexity index is 490. The number of nitriles is 1. The summed E-state index contributed by atoms with van der Waals surface area (Å²) in [6.45, 7) is 0. The van der Waals surface area contributed by atoms with Gasteiger partial charge < -0.3 is 0 Å². The molecule has 0 heterocycles. The molecule has 16 heavy (non-hydrogen) atoms. The lowest BCUT2D eigenvalue weighted by molar-refractivity contribution is -0.130. The molecule has 1 unspecified atom stereocenters. The molecule has 0 N–H and O–H groups in total. The molecule has 0 aliphatic heterocycles. The van der Waals surface area contributed by atoms with Crippen LogP contribution in [-0.2, 0) is 11.2 Å². The Morgan fingerprint density at radius 1 is 1.31 bits per heavy atom. The van der Waals surface area contributed by atoms with Crippen LogP contribution < -0.4 is 0 Å². The molecule has 0 saturated heterocycles. The molecular formula is C14H13NO. The summed E-state index contributed by atoms with van der Waals surface area (Å²) in [5.74, 6) is 0.525. The molecule has 3 rings (SSSR count). The van der Waals surface area contributed by atoms with Crippen molar-refractivity contribution in [1.82, 2.24) is 0 Å². The van der Waals surface area contributed by atoms with Crippen LogP contribution in [0.1, 0.15) is 36.3 Å². The molecular weight excluding hydrogens is 198 g/mol. The second-order valence-corrected chi connectivity index (χ2v) is 4.95. The van der Waals surface area contributed by atoms with Crippen LogP contribution in [0, 0.1) is 16.7 Å². The first kappa shape index (κ1) is 9.59. The number of aryl methyl sites for hydroxylation is 1. The quantitative estimate of drug-likeness (QED) is 0.716. The topological polar surface area (TPSA) is 40.9 Å². The molecule has 1 saturated carbocycles. The zero-order valence-corrected chi connectivity index (χ0v) is 9.07. The molecule has 80 valence electrons. The highest BCUT2D eigenvalue weighted by atomic mass is 16.1. The molecule has 0 aromatic heterocycles. The smallest absolute Gasteiger partial charge is 0.136 e. The standard InChI is InChI=1S/C14H13NO/c15-9-14(7-11(16)8-14)13-6-5-10-3-1-2-4-12(10)13/h1-4,13H,5-8H2. The molecule has 1 atom stereocenters. The molecule has 2 aliphatic rings. The van der Waals surface area contributed by atoms with Crippen LogP contribution in [0.25, 0.3) is 0 Å². The van der Waals surface area contributed by atoms with Crippen molar-refractivity contribution in [2.45, 2.75) is 31.6 Å². The van der Waals surface area contributed by atoms with Crippen LogP contribution in [0.15, 0.2) is 24.3 Å². The van der Waals surface area contributed by atoms with Crippen molar-refractivity contribution >= 4 is 5.78 Å². The van der Waals surface area contributed by atoms with E-state index in [-0.39, 0.29) is 17.1 Å². The monoisotopic (exact) mass is 211 g/mol. The van der Waals surface area contributed by atoms with Crippen LogP contribution in [0.3, 0.4) is 0 Å². The highest BCUT2D eigenvalue weighted by Gasteiger charge is 2.51. The van der Waals surface area contributed by atoms with Crippen LogP contribution in [-0.4, -0.2) is 5.78 Å². The molecule has 0 radical (unpaired) electrons. The number of hydrogen-bond acceptors (Lipinski definition) is 2. The van der Waals surface area contributed by atoms with Gasteiger partial charge in [0.05, 0.1) is 11.5 Å². The van der Waals surface area contributed by atoms with Gasteiger partial charge in [-0.15, -0.1) is 0 Å². The number of fused-ring (bicyclic) bond motifs is 1. The number of benzene rings is 1. The second-order valence-electron chi connectivity index (χ2n) is 4.95. The van der Waals surface area contributed by atoms with Crippen molar-refractivity contribution in [3.05, 3.63) is 35.4 Å². The third-order valence-corrected chi connectivity index (χ3v) is 4.05. The largest absolute Gasteiger partial charge is 0.300 e. The number of ketones is 1. The number of hydrogen-bond donors (Lipinski definition) is 0. The summed E-state index contributed by atoms with van der Waals surface area (Å²) >= 11 is 0. The van der Waals surface area contributed by atoms with Crippen molar-refractivity contribution in [3.63, 3.8) is 0 Å². The lowest BCUT2D eigenvalue weighted by Crippen LogP contribution is -2.40. The Morgan fingerprint density at radius 2 is 2.06 bits per heavy atom. The molecule has 2 nitrogen and oxygen atoms in total. The van der Waals surface area contributed by atoms with E-state index in [9.17, 15) is 10.1 Å². The summed E-state index contributed by atoms with van der Waals surface area (Å²) in [6, 6.07) is 10.7. The lowest BCUT2D eigenvalue weighted by atomic mass is 9.60. The maximum absolute atomic E-state index is 11.2. The average Bonchev–Trinajstić information content (AvgIpc) is 2.68. The van der Waals surface area contributed by atoms with E-state index in [1.165, 1.54) is 11.1 Å². The van der Waals surface area contributed by atoms with E-state index in [1.807, 2.05) is 12.1 Å². The highest BCUT2D eigenvalue weighted by Crippen LogP contribution is 2.54. The van der Waals surface area contributed by atoms with Crippen LogP contribution in [0.4, 0.5) is 0 Å². The van der Waals surface area contributed by atoms with E-state index < -0.39 is 0 Å². The highest BCUT2D eigenvalue weighted by molar-refractivity contribution is 5.88. The molecule has 1 aromatic carbocycles. The lowest BCUT2D eigenvalue weighted by Gasteiger charge is -2.39. The van der Waals surface area contributed by atoms with Crippen molar-refractivity contribution in [2.24, 2.45) is 5.41 Å². The Kier molecular flexibility index (Phi) is 1.91. The predicted molar refractivity (Wildman–Crippen MR) is 59.8 cm³/mol. The fourth-order valence-corrected chi connectivity index (χ4v) is 3.19. The van der Waals surface area contributed by atoms with Gasteiger partial charge in [0, 0.05) is 18.8 Å². The number of nitrogens with zero attached hydrogens (tertiary/aromatic N) is 1. The van der Waals surface area contributed by atoms with Crippen LogP contribution in [0.5, 0.6) is 0 Å². The van der Waals surface area contributed by atoms with Gasteiger partial charge in [0.15, 0.2) is 0 Å². The zero-order chi connectivity index (χ0) is 11.2. The van der Waals surface area contributed by atoms with E-state index in [1.54, 1.807) is 0 Å². The third kappa shape index (κ3) is 1.15. The average molecular weight is 211 g/mol. The van der Waals surface area contributed by atoms with Gasteiger partial charge in [-0.2, -0.15) is 5.26 Å². The molecule has 0 amide bonds. The first-order valence-corrected chi connectivity index (χ1v) is 5.76. The van der Waals surface area contributed by atoms with Gasteiger partial charge in [-0.25, -0.2) is 0 Å². The van der Waals surface area contributed by atoms with Gasteiger partial charge in [0.2, 0.25) is 0 Å². The maximum Gasteiger partial charge on any atom is 0.136 e. The Morgan fingerprint density at radius 3 is 2.75 bits per heavy atom. The third-order valence-electron chi connectivity index (χ3n) is 4.05. The number of rotatable bonds is 1. The normalized spacial score (nSPS) is 25.7. The molecule has 0 spiro atoms. The molecule has 2 aliphatic carbocycles. The summed E-state index contributed by atoms with van der Waals surface area (Å²) in [6.07, 6.45) is 3.00. The fraction of sp³-hybridized carbons (Fsp3) is 0.429. The van der Waals surface area contributed by atoms with E-state index in [0.29, 0.717) is 12.8 Å². The molecule has 2 heteroatoms. The fourth-order valence-electron chi connectivity index (χ4n) is 3.19. The number of carbonyl (C=O) groups is 1. The SMILES string of the molecule is N#CC1(C2CCc3ccccc32)CC(=O)C1. The van der Waals surface area contributed by atoms with E-state index in [0.717, 1.165) is 12.8 Å². The minimum Gasteiger partial charge on any atom is -0.300 e. The first-order valence-electron chi connectivity index (χ1n) is 5.76. The van der Waals surface area contributed by atoms with Gasteiger partial charge in [0.25, 0.3) is 0 Å². The van der Waals surface area contributed by atoms with Crippen molar-refractivity contribution in [1.29, 1.82) is 5.26 Å². The summed E-state index contributed by atoms with van der Waals surface area (Å²) in [4.78, 5) is 11.2. The zero-order valence-electron chi connectivity index (χ0n) is 9.07. The summed E-state index contributed by atoms with van der Waals surface area (Å²) in [5.41, 5.74) is 2.28. The van der Waals surface area contributed by atoms with Gasteiger partial charge in [-0.05, 0) is 24.0 Å².